The van der Waals surface area contributed by atoms with Crippen LogP contribution in [0.3, 0.4) is 0 Å². The molecule has 0 aliphatic heterocycles. The lowest BCUT2D eigenvalue weighted by atomic mass is 9.84. The molecule has 0 amide bonds. The van der Waals surface area contributed by atoms with Crippen LogP contribution in [-0.4, -0.2) is 19.1 Å². The summed E-state index contributed by atoms with van der Waals surface area (Å²) in [5, 5.41) is 4.85. The summed E-state index contributed by atoms with van der Waals surface area (Å²) in [6.45, 7) is 0. The van der Waals surface area contributed by atoms with E-state index in [1.54, 1.807) is 0 Å². The van der Waals surface area contributed by atoms with Crippen molar-refractivity contribution in [1.82, 2.24) is 19.1 Å². The average Bonchev–Trinajstić information content (AvgIpc) is 3.68. The zero-order valence-corrected chi connectivity index (χ0v) is 27.0. The SMILES string of the molecule is c1ccc(-n2c3ccccc3c3cc4c5ccccc5n(-c5cnc6c(n5)-c5ccccc5-c5ccccc5-c5ccccc5-6)c4cc32)cc1. The standard InChI is InChI=1S/C46H28N4/c1-2-14-29(15-3-1)49-40-24-12-10-20-34(40)38-26-39-35-21-11-13-25-41(35)50(43(39)27-42(38)49)44-28-47-45-36-22-8-6-18-32(36)30-16-4-5-17-31(30)33-19-7-9-23-37(33)46(45)48-44/h1-28H. The molecule has 0 fully saturated rings. The van der Waals surface area contributed by atoms with Gasteiger partial charge in [0.05, 0.1) is 39.7 Å². The Labute approximate surface area is 288 Å². The fourth-order valence-electron chi connectivity index (χ4n) is 8.21. The third kappa shape index (κ3) is 3.76. The summed E-state index contributed by atoms with van der Waals surface area (Å²) < 4.78 is 4.68. The molecule has 0 unspecified atom stereocenters. The van der Waals surface area contributed by atoms with Crippen molar-refractivity contribution in [2.24, 2.45) is 0 Å². The van der Waals surface area contributed by atoms with Crippen LogP contribution in [0.5, 0.6) is 0 Å². The molecule has 4 nitrogen and oxygen atoms in total. The lowest BCUT2D eigenvalue weighted by Crippen LogP contribution is -2.05. The van der Waals surface area contributed by atoms with Gasteiger partial charge < -0.3 is 4.57 Å². The van der Waals surface area contributed by atoms with Crippen molar-refractivity contribution in [3.05, 3.63) is 170 Å². The summed E-state index contributed by atoms with van der Waals surface area (Å²) in [4.78, 5) is 10.8. The van der Waals surface area contributed by atoms with E-state index >= 15 is 0 Å². The summed E-state index contributed by atoms with van der Waals surface area (Å²) in [5.74, 6) is 0.790. The van der Waals surface area contributed by atoms with E-state index in [1.165, 1.54) is 38.2 Å². The van der Waals surface area contributed by atoms with Crippen LogP contribution in [0.4, 0.5) is 0 Å². The number of aromatic nitrogens is 4. The van der Waals surface area contributed by atoms with Gasteiger partial charge in [-0.05, 0) is 58.7 Å². The second kappa shape index (κ2) is 10.4. The van der Waals surface area contributed by atoms with E-state index in [2.05, 4.69) is 173 Å². The zero-order chi connectivity index (χ0) is 32.8. The van der Waals surface area contributed by atoms with Crippen LogP contribution in [0.1, 0.15) is 0 Å². The zero-order valence-electron chi connectivity index (χ0n) is 27.0. The molecule has 232 valence electrons. The number of hydrogen-bond acceptors (Lipinski definition) is 2. The molecule has 3 aromatic heterocycles. The highest BCUT2D eigenvalue weighted by Gasteiger charge is 2.25. The highest BCUT2D eigenvalue weighted by atomic mass is 15.1. The fourth-order valence-corrected chi connectivity index (χ4v) is 8.21. The number of hydrogen-bond donors (Lipinski definition) is 0. The Kier molecular flexibility index (Phi) is 5.63. The second-order valence-corrected chi connectivity index (χ2v) is 13.0. The molecule has 3 heterocycles. The Morgan fingerprint density at radius 3 is 1.42 bits per heavy atom. The minimum Gasteiger partial charge on any atom is -0.309 e. The molecular formula is C46H28N4. The molecule has 10 aromatic rings. The summed E-state index contributed by atoms with van der Waals surface area (Å²) in [5.41, 5.74) is 14.3. The predicted molar refractivity (Wildman–Crippen MR) is 206 cm³/mol. The molecule has 50 heavy (non-hydrogen) atoms. The Bertz CT molecular complexity index is 2980. The summed E-state index contributed by atoms with van der Waals surface area (Å²) in [6, 6.07) is 58.6. The topological polar surface area (TPSA) is 35.6 Å². The first-order valence-electron chi connectivity index (χ1n) is 17.0. The van der Waals surface area contributed by atoms with Crippen molar-refractivity contribution >= 4 is 43.6 Å². The Morgan fingerprint density at radius 2 is 0.800 bits per heavy atom. The molecule has 1 aliphatic rings. The van der Waals surface area contributed by atoms with Gasteiger partial charge in [-0.15, -0.1) is 0 Å². The van der Waals surface area contributed by atoms with Gasteiger partial charge in [-0.2, -0.15) is 0 Å². The summed E-state index contributed by atoms with van der Waals surface area (Å²) >= 11 is 0. The maximum atomic E-state index is 5.57. The first-order chi connectivity index (χ1) is 24.8. The lowest BCUT2D eigenvalue weighted by molar-refractivity contribution is 1.05. The smallest absolute Gasteiger partial charge is 0.156 e. The Morgan fingerprint density at radius 1 is 0.340 bits per heavy atom. The van der Waals surface area contributed by atoms with E-state index in [-0.39, 0.29) is 0 Å². The van der Waals surface area contributed by atoms with Gasteiger partial charge >= 0.3 is 0 Å². The van der Waals surface area contributed by atoms with Gasteiger partial charge in [0, 0.05) is 38.4 Å². The fraction of sp³-hybridized carbons (Fsp3) is 0. The van der Waals surface area contributed by atoms with Crippen molar-refractivity contribution in [1.29, 1.82) is 0 Å². The van der Waals surface area contributed by atoms with Crippen molar-refractivity contribution in [2.45, 2.75) is 0 Å². The summed E-state index contributed by atoms with van der Waals surface area (Å²) in [7, 11) is 0. The molecule has 0 spiro atoms. The Balaban J connectivity index is 1.25. The quantitative estimate of drug-likeness (QED) is 0.189. The second-order valence-electron chi connectivity index (χ2n) is 13.0. The van der Waals surface area contributed by atoms with Crippen LogP contribution < -0.4 is 0 Å². The third-order valence-corrected chi connectivity index (χ3v) is 10.3. The van der Waals surface area contributed by atoms with Gasteiger partial charge in [0.2, 0.25) is 0 Å². The predicted octanol–water partition coefficient (Wildman–Crippen LogP) is 11.7. The van der Waals surface area contributed by atoms with E-state index in [0.717, 1.165) is 61.7 Å². The maximum absolute atomic E-state index is 5.57. The van der Waals surface area contributed by atoms with Gasteiger partial charge in [-0.3, -0.25) is 9.55 Å². The van der Waals surface area contributed by atoms with Gasteiger partial charge in [0.1, 0.15) is 0 Å². The van der Waals surface area contributed by atoms with E-state index in [9.17, 15) is 0 Å². The van der Waals surface area contributed by atoms with Crippen LogP contribution in [-0.2, 0) is 0 Å². The highest BCUT2D eigenvalue weighted by Crippen LogP contribution is 2.47. The van der Waals surface area contributed by atoms with Crippen molar-refractivity contribution in [2.75, 3.05) is 0 Å². The number of benzene rings is 7. The molecule has 0 saturated carbocycles. The van der Waals surface area contributed by atoms with Crippen molar-refractivity contribution in [3.8, 4) is 56.3 Å². The Hall–Kier alpha value is -6.78. The van der Waals surface area contributed by atoms with Crippen LogP contribution in [0.15, 0.2) is 170 Å². The minimum atomic E-state index is 0.790. The van der Waals surface area contributed by atoms with E-state index < -0.39 is 0 Å². The van der Waals surface area contributed by atoms with Crippen LogP contribution in [0.25, 0.3) is 99.9 Å². The van der Waals surface area contributed by atoms with Crippen LogP contribution in [0.2, 0.25) is 0 Å². The molecule has 0 saturated heterocycles. The van der Waals surface area contributed by atoms with Gasteiger partial charge in [-0.1, -0.05) is 127 Å². The van der Waals surface area contributed by atoms with E-state index in [4.69, 9.17) is 9.97 Å². The largest absolute Gasteiger partial charge is 0.309 e. The van der Waals surface area contributed by atoms with E-state index in [0.29, 0.717) is 0 Å². The van der Waals surface area contributed by atoms with Gasteiger partial charge in [-0.25, -0.2) is 4.98 Å². The van der Waals surface area contributed by atoms with Gasteiger partial charge in [0.15, 0.2) is 5.82 Å². The summed E-state index contributed by atoms with van der Waals surface area (Å²) in [6.07, 6.45) is 1.95. The number of nitrogens with zero attached hydrogens (tertiary/aromatic N) is 4. The normalized spacial score (nSPS) is 12.0. The van der Waals surface area contributed by atoms with Gasteiger partial charge in [0.25, 0.3) is 0 Å². The molecule has 11 rings (SSSR count). The first-order valence-corrected chi connectivity index (χ1v) is 17.0. The monoisotopic (exact) mass is 636 g/mol. The molecule has 0 N–H and O–H groups in total. The number of fused-ring (bicyclic) bond motifs is 14. The molecule has 4 heteroatoms. The molecule has 0 bridgehead atoms. The number of rotatable bonds is 2. The van der Waals surface area contributed by atoms with Crippen LogP contribution in [0, 0.1) is 0 Å². The van der Waals surface area contributed by atoms with Crippen molar-refractivity contribution in [3.63, 3.8) is 0 Å². The molecule has 1 aliphatic carbocycles. The molecule has 0 radical (unpaired) electrons. The molecule has 0 atom stereocenters. The minimum absolute atomic E-state index is 0.790. The lowest BCUT2D eigenvalue weighted by Gasteiger charge is -2.22. The first kappa shape index (κ1) is 27.2. The molecular weight excluding hydrogens is 609 g/mol. The average molecular weight is 637 g/mol. The third-order valence-electron chi connectivity index (χ3n) is 10.3. The van der Waals surface area contributed by atoms with Crippen molar-refractivity contribution < 1.29 is 0 Å². The highest BCUT2D eigenvalue weighted by molar-refractivity contribution is 6.19. The maximum Gasteiger partial charge on any atom is 0.156 e. The number of para-hydroxylation sites is 3. The van der Waals surface area contributed by atoms with Crippen LogP contribution >= 0.6 is 0 Å². The molecule has 7 aromatic carbocycles. The van der Waals surface area contributed by atoms with E-state index in [1.807, 2.05) is 6.20 Å².